The number of hydrogen-bond acceptors (Lipinski definition) is 4. The van der Waals surface area contributed by atoms with Crippen molar-refractivity contribution in [3.05, 3.63) is 51.2 Å². The zero-order chi connectivity index (χ0) is 16.4. The molecular weight excluding hydrogens is 318 g/mol. The Bertz CT molecular complexity index is 831. The summed E-state index contributed by atoms with van der Waals surface area (Å²) in [6, 6.07) is 9.24. The van der Waals surface area contributed by atoms with E-state index in [9.17, 15) is 9.59 Å². The third-order valence-electron chi connectivity index (χ3n) is 3.72. The number of benzene rings is 1. The van der Waals surface area contributed by atoms with Gasteiger partial charge in [0.05, 0.1) is 19.0 Å². The minimum Gasteiger partial charge on any atom is -0.330 e. The smallest absolute Gasteiger partial charge is 0.330 e. The fourth-order valence-electron chi connectivity index (χ4n) is 2.53. The van der Waals surface area contributed by atoms with Crippen LogP contribution in [-0.4, -0.2) is 31.7 Å². The van der Waals surface area contributed by atoms with Crippen LogP contribution in [0.4, 0.5) is 0 Å². The van der Waals surface area contributed by atoms with Crippen LogP contribution >= 0.6 is 11.6 Å². The van der Waals surface area contributed by atoms with Gasteiger partial charge in [-0.25, -0.2) is 9.48 Å². The monoisotopic (exact) mass is 331 g/mol. The summed E-state index contributed by atoms with van der Waals surface area (Å²) < 4.78 is 2.56. The topological polar surface area (TPSA) is 83.9 Å². The van der Waals surface area contributed by atoms with Crippen LogP contribution in [0.2, 0.25) is 5.02 Å². The van der Waals surface area contributed by atoms with Crippen LogP contribution in [0.5, 0.6) is 0 Å². The molecule has 0 unspecified atom stereocenters. The maximum atomic E-state index is 12.5. The van der Waals surface area contributed by atoms with Gasteiger partial charge in [-0.1, -0.05) is 23.7 Å². The Morgan fingerprint density at radius 3 is 2.65 bits per heavy atom. The van der Waals surface area contributed by atoms with Gasteiger partial charge >= 0.3 is 5.69 Å². The molecule has 0 fully saturated rings. The van der Waals surface area contributed by atoms with E-state index in [2.05, 4.69) is 5.10 Å². The first-order chi connectivity index (χ1) is 11.1. The number of aromatic nitrogens is 3. The van der Waals surface area contributed by atoms with Crippen molar-refractivity contribution in [2.24, 2.45) is 0 Å². The molecule has 1 aromatic heterocycles. The number of aryl methyl sites for hydroxylation is 1. The first-order valence-corrected chi connectivity index (χ1v) is 7.56. The molecule has 0 atom stereocenters. The predicted molar refractivity (Wildman–Crippen MR) is 82.9 cm³/mol. The second-order valence-corrected chi connectivity index (χ2v) is 5.68. The molecule has 1 amide bonds. The number of nitrogens with zero attached hydrogens (tertiary/aromatic N) is 5. The van der Waals surface area contributed by atoms with Gasteiger partial charge in [-0.15, -0.1) is 5.10 Å². The van der Waals surface area contributed by atoms with E-state index in [0.717, 1.165) is 5.56 Å². The second kappa shape index (κ2) is 6.26. The van der Waals surface area contributed by atoms with Gasteiger partial charge in [0.15, 0.2) is 0 Å². The van der Waals surface area contributed by atoms with Gasteiger partial charge in [0.1, 0.15) is 0 Å². The summed E-state index contributed by atoms with van der Waals surface area (Å²) in [6.07, 6.45) is 0.180. The van der Waals surface area contributed by atoms with E-state index >= 15 is 0 Å². The lowest BCUT2D eigenvalue weighted by atomic mass is 10.2. The van der Waals surface area contributed by atoms with Crippen LogP contribution in [0, 0.1) is 11.3 Å². The average Bonchev–Trinajstić information content (AvgIpc) is 2.87. The molecule has 1 aliphatic rings. The summed E-state index contributed by atoms with van der Waals surface area (Å²) in [5.74, 6) is -0.146. The fraction of sp³-hybridized carbons (Fsp3) is 0.333. The van der Waals surface area contributed by atoms with Crippen LogP contribution < -0.4 is 5.69 Å². The van der Waals surface area contributed by atoms with Crippen molar-refractivity contribution in [2.75, 3.05) is 6.54 Å². The number of amides is 1. The number of fused-ring (bicyclic) bond motifs is 1. The van der Waals surface area contributed by atoms with Gasteiger partial charge in [0.25, 0.3) is 5.91 Å². The van der Waals surface area contributed by atoms with Crippen molar-refractivity contribution < 1.29 is 4.79 Å². The molecule has 1 aliphatic heterocycles. The SMILES string of the molecule is N#CCCn1nc2n(c1=O)CCN(Cc1ccc(Cl)cc1)C2=O. The molecule has 0 saturated carbocycles. The van der Waals surface area contributed by atoms with Gasteiger partial charge in [-0.3, -0.25) is 9.36 Å². The first-order valence-electron chi connectivity index (χ1n) is 7.18. The maximum Gasteiger partial charge on any atom is 0.346 e. The number of nitriles is 1. The number of halogens is 1. The van der Waals surface area contributed by atoms with Crippen LogP contribution in [-0.2, 0) is 19.6 Å². The molecule has 0 aliphatic carbocycles. The van der Waals surface area contributed by atoms with Gasteiger partial charge in [0.2, 0.25) is 5.82 Å². The molecule has 0 bridgehead atoms. The van der Waals surface area contributed by atoms with Crippen LogP contribution in [0.3, 0.4) is 0 Å². The Kier molecular flexibility index (Phi) is 4.17. The summed E-state index contributed by atoms with van der Waals surface area (Å²) in [6.45, 7) is 1.48. The lowest BCUT2D eigenvalue weighted by Gasteiger charge is -2.26. The van der Waals surface area contributed by atoms with Crippen LogP contribution in [0.25, 0.3) is 0 Å². The van der Waals surface area contributed by atoms with E-state index in [1.807, 2.05) is 18.2 Å². The molecule has 0 spiro atoms. The van der Waals surface area contributed by atoms with Gasteiger partial charge in [-0.2, -0.15) is 5.26 Å². The van der Waals surface area contributed by atoms with Crippen molar-refractivity contribution in [3.8, 4) is 6.07 Å². The molecule has 0 N–H and O–H groups in total. The molecule has 0 saturated heterocycles. The Balaban J connectivity index is 1.82. The molecule has 0 radical (unpaired) electrons. The van der Waals surface area contributed by atoms with E-state index in [1.54, 1.807) is 17.0 Å². The van der Waals surface area contributed by atoms with Gasteiger partial charge in [-0.05, 0) is 17.7 Å². The Hall–Kier alpha value is -2.59. The molecule has 23 heavy (non-hydrogen) atoms. The molecule has 118 valence electrons. The zero-order valence-electron chi connectivity index (χ0n) is 12.3. The summed E-state index contributed by atoms with van der Waals surface area (Å²) in [7, 11) is 0. The van der Waals surface area contributed by atoms with Crippen LogP contribution in [0.1, 0.15) is 22.6 Å². The Morgan fingerprint density at radius 2 is 1.96 bits per heavy atom. The first kappa shape index (κ1) is 15.3. The number of rotatable bonds is 4. The molecule has 1 aromatic carbocycles. The predicted octanol–water partition coefficient (Wildman–Crippen LogP) is 1.27. The highest BCUT2D eigenvalue weighted by molar-refractivity contribution is 6.30. The Morgan fingerprint density at radius 1 is 1.22 bits per heavy atom. The molecule has 3 rings (SSSR count). The number of carbonyl (C=O) groups is 1. The summed E-state index contributed by atoms with van der Waals surface area (Å²) in [5.41, 5.74) is 0.622. The minimum atomic E-state index is -0.338. The standard InChI is InChI=1S/C15H14ClN5O2/c16-12-4-2-11(3-5-12)10-19-8-9-20-13(14(19)22)18-21(15(20)23)7-1-6-17/h2-5H,1,7-10H2. The molecule has 8 heteroatoms. The summed E-state index contributed by atoms with van der Waals surface area (Å²) >= 11 is 5.86. The normalized spacial score (nSPS) is 13.7. The maximum absolute atomic E-state index is 12.5. The number of carbonyl (C=O) groups excluding carboxylic acids is 1. The highest BCUT2D eigenvalue weighted by atomic mass is 35.5. The highest BCUT2D eigenvalue weighted by Crippen LogP contribution is 2.15. The third kappa shape index (κ3) is 2.98. The van der Waals surface area contributed by atoms with Crippen molar-refractivity contribution in [1.82, 2.24) is 19.2 Å². The van der Waals surface area contributed by atoms with Crippen LogP contribution in [0.15, 0.2) is 29.1 Å². The van der Waals surface area contributed by atoms with Gasteiger partial charge < -0.3 is 4.90 Å². The zero-order valence-corrected chi connectivity index (χ0v) is 13.0. The highest BCUT2D eigenvalue weighted by Gasteiger charge is 2.29. The Labute approximate surface area is 137 Å². The average molecular weight is 332 g/mol. The van der Waals surface area contributed by atoms with E-state index in [4.69, 9.17) is 16.9 Å². The quantitative estimate of drug-likeness (QED) is 0.844. The number of hydrogen-bond donors (Lipinski definition) is 0. The van der Waals surface area contributed by atoms with Gasteiger partial charge in [0, 0.05) is 24.7 Å². The molecule has 2 heterocycles. The van der Waals surface area contributed by atoms with Crippen molar-refractivity contribution in [1.29, 1.82) is 5.26 Å². The van der Waals surface area contributed by atoms with E-state index < -0.39 is 0 Å². The molecular formula is C15H14ClN5O2. The summed E-state index contributed by atoms with van der Waals surface area (Å²) in [5, 5.41) is 13.3. The third-order valence-corrected chi connectivity index (χ3v) is 3.97. The second-order valence-electron chi connectivity index (χ2n) is 5.24. The minimum absolute atomic E-state index is 0.133. The van der Waals surface area contributed by atoms with E-state index in [0.29, 0.717) is 24.7 Å². The molecule has 7 nitrogen and oxygen atoms in total. The lowest BCUT2D eigenvalue weighted by molar-refractivity contribution is 0.0681. The van der Waals surface area contributed by atoms with Crippen molar-refractivity contribution in [3.63, 3.8) is 0 Å². The summed E-state index contributed by atoms with van der Waals surface area (Å²) in [4.78, 5) is 26.3. The van der Waals surface area contributed by atoms with E-state index in [-0.39, 0.29) is 30.4 Å². The van der Waals surface area contributed by atoms with Crippen molar-refractivity contribution in [2.45, 2.75) is 26.1 Å². The van der Waals surface area contributed by atoms with E-state index in [1.165, 1.54) is 9.25 Å². The molecule has 2 aromatic rings. The van der Waals surface area contributed by atoms with Crippen molar-refractivity contribution >= 4 is 17.5 Å². The lowest BCUT2D eigenvalue weighted by Crippen LogP contribution is -2.42. The fourth-order valence-corrected chi connectivity index (χ4v) is 2.65. The largest absolute Gasteiger partial charge is 0.346 e.